The molecule has 1 N–H and O–H groups in total. The van der Waals surface area contributed by atoms with Crippen LogP contribution in [0.3, 0.4) is 0 Å². The van der Waals surface area contributed by atoms with Gasteiger partial charge in [-0.2, -0.15) is 0 Å². The first-order chi connectivity index (χ1) is 15.0. The maximum Gasteiger partial charge on any atom is 0.291 e. The van der Waals surface area contributed by atoms with Crippen molar-refractivity contribution in [2.45, 2.75) is 39.7 Å². The first kappa shape index (κ1) is 21.7. The summed E-state index contributed by atoms with van der Waals surface area (Å²) in [5.74, 6) is 1.73. The van der Waals surface area contributed by atoms with E-state index in [2.05, 4.69) is 42.3 Å². The predicted octanol–water partition coefficient (Wildman–Crippen LogP) is 6.12. The minimum atomic E-state index is -0.217. The van der Waals surface area contributed by atoms with E-state index in [1.807, 2.05) is 19.1 Å². The third kappa shape index (κ3) is 5.02. The molecule has 164 valence electrons. The summed E-state index contributed by atoms with van der Waals surface area (Å²) in [6.45, 7) is 9.14. The molecule has 1 atom stereocenters. The number of aryl methyl sites for hydroxylation is 1. The van der Waals surface area contributed by atoms with Gasteiger partial charge in [0.05, 0.1) is 18.9 Å². The van der Waals surface area contributed by atoms with Gasteiger partial charge in [-0.3, -0.25) is 9.69 Å². The SMILES string of the molecule is CCOc1ccc(C(c2cc(C)sc2NC(=O)c2ccco2)N2CCC(C)CC2)cc1. The number of thiophene rings is 1. The molecule has 1 aliphatic heterocycles. The Morgan fingerprint density at radius 1 is 1.26 bits per heavy atom. The van der Waals surface area contributed by atoms with Gasteiger partial charge in [0.15, 0.2) is 5.76 Å². The van der Waals surface area contributed by atoms with Crippen LogP contribution in [-0.4, -0.2) is 30.5 Å². The highest BCUT2D eigenvalue weighted by atomic mass is 32.1. The molecule has 3 aromatic rings. The summed E-state index contributed by atoms with van der Waals surface area (Å²) in [5, 5.41) is 3.98. The smallest absolute Gasteiger partial charge is 0.291 e. The number of benzene rings is 1. The van der Waals surface area contributed by atoms with Crippen molar-refractivity contribution in [1.29, 1.82) is 0 Å². The Kier molecular flexibility index (Phi) is 6.78. The summed E-state index contributed by atoms with van der Waals surface area (Å²) in [4.78, 5) is 16.4. The molecule has 0 aliphatic carbocycles. The molecule has 31 heavy (non-hydrogen) atoms. The zero-order valence-corrected chi connectivity index (χ0v) is 19.2. The molecule has 3 heterocycles. The number of piperidine rings is 1. The van der Waals surface area contributed by atoms with E-state index in [4.69, 9.17) is 9.15 Å². The van der Waals surface area contributed by atoms with Crippen LogP contribution in [0.1, 0.15) is 59.3 Å². The lowest BCUT2D eigenvalue weighted by molar-refractivity contribution is 0.0996. The van der Waals surface area contributed by atoms with Gasteiger partial charge in [-0.15, -0.1) is 11.3 Å². The topological polar surface area (TPSA) is 54.7 Å². The second-order valence-electron chi connectivity index (χ2n) is 8.20. The molecule has 1 fully saturated rings. The minimum Gasteiger partial charge on any atom is -0.494 e. The Balaban J connectivity index is 1.69. The van der Waals surface area contributed by atoms with Crippen LogP contribution in [0.15, 0.2) is 53.1 Å². The fourth-order valence-corrected chi connectivity index (χ4v) is 5.13. The minimum absolute atomic E-state index is 0.0834. The molecule has 6 heteroatoms. The van der Waals surface area contributed by atoms with E-state index in [9.17, 15) is 4.79 Å². The Bertz CT molecular complexity index is 986. The Morgan fingerprint density at radius 2 is 2.00 bits per heavy atom. The number of rotatable bonds is 7. The molecule has 5 nitrogen and oxygen atoms in total. The van der Waals surface area contributed by atoms with E-state index in [1.54, 1.807) is 23.5 Å². The maximum atomic E-state index is 12.7. The van der Waals surface area contributed by atoms with Crippen LogP contribution in [0.2, 0.25) is 0 Å². The number of hydrogen-bond donors (Lipinski definition) is 1. The molecule has 2 aromatic heterocycles. The molecule has 0 radical (unpaired) electrons. The summed E-state index contributed by atoms with van der Waals surface area (Å²) in [5.41, 5.74) is 2.35. The van der Waals surface area contributed by atoms with Crippen molar-refractivity contribution in [3.63, 3.8) is 0 Å². The number of carbonyl (C=O) groups excluding carboxylic acids is 1. The van der Waals surface area contributed by atoms with Crippen molar-refractivity contribution in [3.05, 3.63) is 70.5 Å². The first-order valence-corrected chi connectivity index (χ1v) is 11.8. The second-order valence-corrected chi connectivity index (χ2v) is 9.45. The molecule has 0 bridgehead atoms. The lowest BCUT2D eigenvalue weighted by atomic mass is 9.92. The van der Waals surface area contributed by atoms with Crippen molar-refractivity contribution in [2.75, 3.05) is 25.0 Å². The van der Waals surface area contributed by atoms with Crippen LogP contribution in [0, 0.1) is 12.8 Å². The average Bonchev–Trinajstić information content (AvgIpc) is 3.42. The summed E-state index contributed by atoms with van der Waals surface area (Å²) in [7, 11) is 0. The quantitative estimate of drug-likeness (QED) is 0.483. The molecule has 1 amide bonds. The van der Waals surface area contributed by atoms with Crippen LogP contribution >= 0.6 is 11.3 Å². The first-order valence-electron chi connectivity index (χ1n) is 11.0. The number of ether oxygens (including phenoxy) is 1. The number of amides is 1. The van der Waals surface area contributed by atoms with Gasteiger partial charge in [0.2, 0.25) is 0 Å². The standard InChI is InChI=1S/C25H30N2O3S/c1-4-29-20-9-7-19(8-10-20)23(27-13-11-17(2)12-14-27)21-16-18(3)31-25(21)26-24(28)22-6-5-15-30-22/h5-10,15-17,23H,4,11-14H2,1-3H3,(H,26,28). The van der Waals surface area contributed by atoms with E-state index in [1.165, 1.54) is 29.5 Å². The van der Waals surface area contributed by atoms with Crippen LogP contribution in [0.5, 0.6) is 5.75 Å². The fraction of sp³-hybridized carbons (Fsp3) is 0.400. The Hall–Kier alpha value is -2.57. The summed E-state index contributed by atoms with van der Waals surface area (Å²) in [6, 6.07) is 14.1. The number of anilines is 1. The van der Waals surface area contributed by atoms with Crippen LogP contribution < -0.4 is 10.1 Å². The van der Waals surface area contributed by atoms with Gasteiger partial charge in [0.1, 0.15) is 10.8 Å². The monoisotopic (exact) mass is 438 g/mol. The van der Waals surface area contributed by atoms with Gasteiger partial charge < -0.3 is 14.5 Å². The van der Waals surface area contributed by atoms with Crippen molar-refractivity contribution in [2.24, 2.45) is 5.92 Å². The van der Waals surface area contributed by atoms with Crippen molar-refractivity contribution >= 4 is 22.2 Å². The van der Waals surface area contributed by atoms with Crippen molar-refractivity contribution < 1.29 is 13.9 Å². The van der Waals surface area contributed by atoms with Gasteiger partial charge >= 0.3 is 0 Å². The van der Waals surface area contributed by atoms with Crippen LogP contribution in [0.4, 0.5) is 5.00 Å². The predicted molar refractivity (Wildman–Crippen MR) is 125 cm³/mol. The van der Waals surface area contributed by atoms with Gasteiger partial charge in [0, 0.05) is 10.4 Å². The molecule has 0 saturated carbocycles. The Labute approximate surface area is 188 Å². The molecule has 1 unspecified atom stereocenters. The molecular weight excluding hydrogens is 408 g/mol. The fourth-order valence-electron chi connectivity index (χ4n) is 4.19. The maximum absolute atomic E-state index is 12.7. The molecular formula is C25H30N2O3S. The number of nitrogens with zero attached hydrogens (tertiary/aromatic N) is 1. The van der Waals surface area contributed by atoms with Gasteiger partial charge in [0.25, 0.3) is 5.91 Å². The molecule has 4 rings (SSSR count). The number of hydrogen-bond acceptors (Lipinski definition) is 5. The summed E-state index contributed by atoms with van der Waals surface area (Å²) >= 11 is 1.61. The lowest BCUT2D eigenvalue weighted by Crippen LogP contribution is -2.37. The third-order valence-corrected chi connectivity index (χ3v) is 6.82. The molecule has 1 saturated heterocycles. The normalized spacial score (nSPS) is 16.2. The lowest BCUT2D eigenvalue weighted by Gasteiger charge is -2.37. The van der Waals surface area contributed by atoms with E-state index in [0.717, 1.165) is 35.3 Å². The highest BCUT2D eigenvalue weighted by Crippen LogP contribution is 2.41. The average molecular weight is 439 g/mol. The van der Waals surface area contributed by atoms with E-state index < -0.39 is 0 Å². The third-order valence-electron chi connectivity index (χ3n) is 5.84. The largest absolute Gasteiger partial charge is 0.494 e. The van der Waals surface area contributed by atoms with Crippen molar-refractivity contribution in [1.82, 2.24) is 4.90 Å². The van der Waals surface area contributed by atoms with Gasteiger partial charge in [-0.1, -0.05) is 19.1 Å². The molecule has 1 aromatic carbocycles. The Morgan fingerprint density at radius 3 is 2.65 bits per heavy atom. The zero-order valence-electron chi connectivity index (χ0n) is 18.4. The van der Waals surface area contributed by atoms with Gasteiger partial charge in [-0.25, -0.2) is 0 Å². The van der Waals surface area contributed by atoms with Gasteiger partial charge in [-0.05, 0) is 81.6 Å². The number of likely N-dealkylation sites (tertiary alicyclic amines) is 1. The molecule has 1 aliphatic rings. The van der Waals surface area contributed by atoms with Crippen LogP contribution in [0.25, 0.3) is 0 Å². The highest BCUT2D eigenvalue weighted by molar-refractivity contribution is 7.16. The number of nitrogens with one attached hydrogen (secondary N) is 1. The summed E-state index contributed by atoms with van der Waals surface area (Å²) < 4.78 is 10.9. The number of furan rings is 1. The van der Waals surface area contributed by atoms with E-state index >= 15 is 0 Å². The highest BCUT2D eigenvalue weighted by Gasteiger charge is 2.29. The number of carbonyl (C=O) groups is 1. The van der Waals surface area contributed by atoms with Crippen LogP contribution in [-0.2, 0) is 0 Å². The van der Waals surface area contributed by atoms with E-state index in [-0.39, 0.29) is 11.9 Å². The second kappa shape index (κ2) is 9.71. The summed E-state index contributed by atoms with van der Waals surface area (Å²) in [6.07, 6.45) is 3.89. The van der Waals surface area contributed by atoms with E-state index in [0.29, 0.717) is 12.4 Å². The molecule has 0 spiro atoms. The van der Waals surface area contributed by atoms with Crippen molar-refractivity contribution in [3.8, 4) is 5.75 Å². The zero-order chi connectivity index (χ0) is 21.8.